The SMILES string of the molecule is Cc1ccc(-c2nnc(SCC(=O)NC(Cc3ccccc3)c3ccccc3)n2-c2ccc(C)cc2)cc1. The standard InChI is InChI=1S/C32H30N4OS/c1-23-13-17-27(18-14-23)31-34-35-32(36(31)28-19-15-24(2)16-20-28)38-22-30(37)33-29(26-11-7-4-8-12-26)21-25-9-5-3-6-10-25/h3-20,29H,21-22H2,1-2H3,(H,33,37). The summed E-state index contributed by atoms with van der Waals surface area (Å²) in [6.07, 6.45) is 0.721. The van der Waals surface area contributed by atoms with Gasteiger partial charge in [-0.25, -0.2) is 0 Å². The van der Waals surface area contributed by atoms with Crippen LogP contribution in [0.3, 0.4) is 0 Å². The van der Waals surface area contributed by atoms with Crippen LogP contribution in [0.5, 0.6) is 0 Å². The Morgan fingerprint density at radius 2 is 1.39 bits per heavy atom. The number of carbonyl (C=O) groups is 1. The quantitative estimate of drug-likeness (QED) is 0.220. The maximum Gasteiger partial charge on any atom is 0.230 e. The number of hydrogen-bond acceptors (Lipinski definition) is 4. The average molecular weight is 519 g/mol. The molecule has 1 atom stereocenters. The van der Waals surface area contributed by atoms with E-state index >= 15 is 0 Å². The Hall–Kier alpha value is -4.16. The van der Waals surface area contributed by atoms with Crippen molar-refractivity contribution in [3.05, 3.63) is 131 Å². The molecular formula is C32H30N4OS. The van der Waals surface area contributed by atoms with Gasteiger partial charge in [0, 0.05) is 11.3 Å². The summed E-state index contributed by atoms with van der Waals surface area (Å²) >= 11 is 1.39. The van der Waals surface area contributed by atoms with Crippen LogP contribution in [0.15, 0.2) is 114 Å². The minimum Gasteiger partial charge on any atom is -0.348 e. The number of thioether (sulfide) groups is 1. The molecule has 5 aromatic rings. The first-order valence-electron chi connectivity index (χ1n) is 12.7. The molecule has 1 aromatic heterocycles. The third-order valence-electron chi connectivity index (χ3n) is 6.39. The molecule has 0 aliphatic carbocycles. The maximum atomic E-state index is 13.2. The molecule has 190 valence electrons. The fourth-order valence-corrected chi connectivity index (χ4v) is 5.10. The Balaban J connectivity index is 1.37. The molecule has 5 nitrogen and oxygen atoms in total. The highest BCUT2D eigenvalue weighted by molar-refractivity contribution is 7.99. The third kappa shape index (κ3) is 6.21. The second-order valence-corrected chi connectivity index (χ2v) is 10.3. The van der Waals surface area contributed by atoms with Gasteiger partial charge in [0.1, 0.15) is 0 Å². The number of benzene rings is 4. The van der Waals surface area contributed by atoms with E-state index in [1.54, 1.807) is 0 Å². The van der Waals surface area contributed by atoms with E-state index in [1.807, 2.05) is 41.0 Å². The highest BCUT2D eigenvalue weighted by atomic mass is 32.2. The Bertz CT molecular complexity index is 1480. The van der Waals surface area contributed by atoms with Gasteiger partial charge in [-0.3, -0.25) is 9.36 Å². The van der Waals surface area contributed by atoms with E-state index in [4.69, 9.17) is 0 Å². The lowest BCUT2D eigenvalue weighted by Crippen LogP contribution is -2.31. The Morgan fingerprint density at radius 1 is 0.789 bits per heavy atom. The number of amides is 1. The summed E-state index contributed by atoms with van der Waals surface area (Å²) < 4.78 is 2.03. The Morgan fingerprint density at radius 3 is 2.05 bits per heavy atom. The summed E-state index contributed by atoms with van der Waals surface area (Å²) in [5.74, 6) is 0.939. The molecule has 0 radical (unpaired) electrons. The number of aromatic nitrogens is 3. The van der Waals surface area contributed by atoms with Crippen LogP contribution >= 0.6 is 11.8 Å². The normalized spacial score (nSPS) is 11.7. The van der Waals surface area contributed by atoms with Crippen LogP contribution in [-0.2, 0) is 11.2 Å². The fraction of sp³-hybridized carbons (Fsp3) is 0.156. The lowest BCUT2D eigenvalue weighted by Gasteiger charge is -2.19. The van der Waals surface area contributed by atoms with Crippen molar-refractivity contribution >= 4 is 17.7 Å². The van der Waals surface area contributed by atoms with Crippen LogP contribution in [0, 0.1) is 13.8 Å². The van der Waals surface area contributed by atoms with Crippen LogP contribution in [0.25, 0.3) is 17.1 Å². The molecule has 1 N–H and O–H groups in total. The van der Waals surface area contributed by atoms with Crippen molar-refractivity contribution in [2.24, 2.45) is 0 Å². The molecule has 0 bridgehead atoms. The second-order valence-electron chi connectivity index (χ2n) is 9.35. The van der Waals surface area contributed by atoms with Crippen LogP contribution in [0.2, 0.25) is 0 Å². The summed E-state index contributed by atoms with van der Waals surface area (Å²) in [7, 11) is 0. The summed E-state index contributed by atoms with van der Waals surface area (Å²) in [5.41, 5.74) is 6.56. The highest BCUT2D eigenvalue weighted by Gasteiger charge is 2.19. The zero-order chi connectivity index (χ0) is 26.3. The Labute approximate surface area is 228 Å². The molecular weight excluding hydrogens is 488 g/mol. The first kappa shape index (κ1) is 25.5. The van der Waals surface area contributed by atoms with Gasteiger partial charge in [-0.15, -0.1) is 10.2 Å². The number of nitrogens with one attached hydrogen (secondary N) is 1. The molecule has 0 aliphatic rings. The third-order valence-corrected chi connectivity index (χ3v) is 7.32. The number of carbonyl (C=O) groups excluding carboxylic acids is 1. The van der Waals surface area contributed by atoms with Gasteiger partial charge in [-0.1, -0.05) is 120 Å². The van der Waals surface area contributed by atoms with Gasteiger partial charge in [0.15, 0.2) is 11.0 Å². The molecule has 0 spiro atoms. The molecule has 0 fully saturated rings. The van der Waals surface area contributed by atoms with Crippen LogP contribution in [0.4, 0.5) is 0 Å². The zero-order valence-electron chi connectivity index (χ0n) is 21.5. The number of hydrogen-bond donors (Lipinski definition) is 1. The van der Waals surface area contributed by atoms with Gasteiger partial charge < -0.3 is 5.32 Å². The first-order valence-corrected chi connectivity index (χ1v) is 13.7. The van der Waals surface area contributed by atoms with Crippen molar-refractivity contribution in [2.45, 2.75) is 31.5 Å². The second kappa shape index (κ2) is 11.9. The van der Waals surface area contributed by atoms with Crippen molar-refractivity contribution in [1.82, 2.24) is 20.1 Å². The first-order chi connectivity index (χ1) is 18.6. The Kier molecular flexibility index (Phi) is 8.00. The van der Waals surface area contributed by atoms with E-state index in [0.717, 1.165) is 29.1 Å². The molecule has 0 saturated carbocycles. The largest absolute Gasteiger partial charge is 0.348 e. The molecule has 6 heteroatoms. The zero-order valence-corrected chi connectivity index (χ0v) is 22.4. The topological polar surface area (TPSA) is 59.8 Å². The minimum absolute atomic E-state index is 0.0462. The van der Waals surface area contributed by atoms with E-state index in [2.05, 4.69) is 102 Å². The fourth-order valence-electron chi connectivity index (χ4n) is 4.33. The van der Waals surface area contributed by atoms with Gasteiger partial charge >= 0.3 is 0 Å². The monoisotopic (exact) mass is 518 g/mol. The molecule has 1 unspecified atom stereocenters. The number of nitrogens with zero attached hydrogens (tertiary/aromatic N) is 3. The van der Waals surface area contributed by atoms with Crippen molar-refractivity contribution in [1.29, 1.82) is 0 Å². The van der Waals surface area contributed by atoms with Gasteiger partial charge in [0.25, 0.3) is 0 Å². The average Bonchev–Trinajstić information content (AvgIpc) is 3.37. The van der Waals surface area contributed by atoms with Gasteiger partial charge in [0.05, 0.1) is 11.8 Å². The summed E-state index contributed by atoms with van der Waals surface area (Å²) in [4.78, 5) is 13.2. The van der Waals surface area contributed by atoms with Crippen molar-refractivity contribution in [3.8, 4) is 17.1 Å². The molecule has 5 rings (SSSR count). The molecule has 1 amide bonds. The van der Waals surface area contributed by atoms with Crippen molar-refractivity contribution < 1.29 is 4.79 Å². The highest BCUT2D eigenvalue weighted by Crippen LogP contribution is 2.29. The van der Waals surface area contributed by atoms with Crippen LogP contribution in [-0.4, -0.2) is 26.4 Å². The van der Waals surface area contributed by atoms with Crippen molar-refractivity contribution in [2.75, 3.05) is 5.75 Å². The smallest absolute Gasteiger partial charge is 0.230 e. The van der Waals surface area contributed by atoms with Crippen LogP contribution in [0.1, 0.15) is 28.3 Å². The van der Waals surface area contributed by atoms with E-state index in [-0.39, 0.29) is 17.7 Å². The lowest BCUT2D eigenvalue weighted by atomic mass is 9.99. The maximum absolute atomic E-state index is 13.2. The summed E-state index contributed by atoms with van der Waals surface area (Å²) in [6, 6.07) is 36.8. The van der Waals surface area contributed by atoms with Gasteiger partial charge in [0.2, 0.25) is 5.91 Å². The number of rotatable bonds is 9. The lowest BCUT2D eigenvalue weighted by molar-refractivity contribution is -0.119. The van der Waals surface area contributed by atoms with Gasteiger partial charge in [-0.2, -0.15) is 0 Å². The molecule has 38 heavy (non-hydrogen) atoms. The van der Waals surface area contributed by atoms with E-state index < -0.39 is 0 Å². The van der Waals surface area contributed by atoms with Crippen molar-refractivity contribution in [3.63, 3.8) is 0 Å². The molecule has 4 aromatic carbocycles. The predicted octanol–water partition coefficient (Wildman–Crippen LogP) is 6.74. The molecule has 0 aliphatic heterocycles. The van der Waals surface area contributed by atoms with E-state index in [9.17, 15) is 4.79 Å². The van der Waals surface area contributed by atoms with Gasteiger partial charge in [-0.05, 0) is 43.5 Å². The summed E-state index contributed by atoms with van der Waals surface area (Å²) in [6.45, 7) is 4.13. The summed E-state index contributed by atoms with van der Waals surface area (Å²) in [5, 5.41) is 12.9. The predicted molar refractivity (Wildman–Crippen MR) is 154 cm³/mol. The minimum atomic E-state index is -0.121. The van der Waals surface area contributed by atoms with E-state index in [0.29, 0.717) is 5.16 Å². The number of aryl methyl sites for hydroxylation is 2. The van der Waals surface area contributed by atoms with Crippen LogP contribution < -0.4 is 5.32 Å². The van der Waals surface area contributed by atoms with E-state index in [1.165, 1.54) is 28.5 Å². The molecule has 0 saturated heterocycles. The molecule has 1 heterocycles.